The maximum atomic E-state index is 12.2. The van der Waals surface area contributed by atoms with E-state index in [1.807, 2.05) is 36.6 Å². The average Bonchev–Trinajstić information content (AvgIpc) is 3.16. The number of benzene rings is 1. The lowest BCUT2D eigenvalue weighted by Crippen LogP contribution is -2.24. The van der Waals surface area contributed by atoms with Gasteiger partial charge in [-0.25, -0.2) is 4.68 Å². The molecule has 4 nitrogen and oxygen atoms in total. The summed E-state index contributed by atoms with van der Waals surface area (Å²) >= 11 is 7.61. The standard InChI is InChI=1S/C17H14ClN3OS/c1-10-16-14(11-6-7-23-9-11)8-15(22)19-17(16)21(20-10)13-4-2-12(18)3-5-13/h2-7,9,14H,8H2,1H3,(H,19,22)/t14-/m0/s1. The zero-order valence-electron chi connectivity index (χ0n) is 12.4. The van der Waals surface area contributed by atoms with E-state index in [0.29, 0.717) is 11.4 Å². The molecule has 0 spiro atoms. The Kier molecular flexibility index (Phi) is 3.47. The van der Waals surface area contributed by atoms with Gasteiger partial charge in [0.05, 0.1) is 11.4 Å². The normalized spacial score (nSPS) is 17.0. The minimum Gasteiger partial charge on any atom is -0.310 e. The predicted octanol–water partition coefficient (Wildman–Crippen LogP) is 4.37. The number of anilines is 1. The fraction of sp³-hybridized carbons (Fsp3) is 0.176. The van der Waals surface area contributed by atoms with Crippen LogP contribution in [0.5, 0.6) is 0 Å². The lowest BCUT2D eigenvalue weighted by molar-refractivity contribution is -0.116. The Morgan fingerprint density at radius 2 is 2.09 bits per heavy atom. The Hall–Kier alpha value is -2.11. The van der Waals surface area contributed by atoms with Gasteiger partial charge in [-0.05, 0) is 53.6 Å². The molecule has 6 heteroatoms. The van der Waals surface area contributed by atoms with E-state index in [4.69, 9.17) is 11.6 Å². The maximum Gasteiger partial charge on any atom is 0.226 e. The van der Waals surface area contributed by atoms with Crippen molar-refractivity contribution in [1.29, 1.82) is 0 Å². The second-order valence-electron chi connectivity index (χ2n) is 5.60. The molecule has 0 aliphatic carbocycles. The summed E-state index contributed by atoms with van der Waals surface area (Å²) in [6, 6.07) is 9.52. The van der Waals surface area contributed by atoms with E-state index < -0.39 is 0 Å². The van der Waals surface area contributed by atoms with Crippen molar-refractivity contribution in [2.24, 2.45) is 0 Å². The predicted molar refractivity (Wildman–Crippen MR) is 92.7 cm³/mol. The zero-order chi connectivity index (χ0) is 16.0. The van der Waals surface area contributed by atoms with E-state index in [-0.39, 0.29) is 11.8 Å². The number of thiophene rings is 1. The summed E-state index contributed by atoms with van der Waals surface area (Å²) in [5, 5.41) is 12.5. The Morgan fingerprint density at radius 1 is 1.30 bits per heavy atom. The lowest BCUT2D eigenvalue weighted by atomic mass is 9.87. The molecule has 0 bridgehead atoms. The molecular weight excluding hydrogens is 330 g/mol. The average molecular weight is 344 g/mol. The summed E-state index contributed by atoms with van der Waals surface area (Å²) in [6.07, 6.45) is 0.455. The van der Waals surface area contributed by atoms with Gasteiger partial charge in [-0.15, -0.1) is 0 Å². The number of aromatic nitrogens is 2. The first-order chi connectivity index (χ1) is 11.1. The number of aryl methyl sites for hydroxylation is 1. The van der Waals surface area contributed by atoms with Crippen molar-refractivity contribution in [2.75, 3.05) is 5.32 Å². The number of rotatable bonds is 2. The molecule has 4 rings (SSSR count). The van der Waals surface area contributed by atoms with Crippen LogP contribution in [0.15, 0.2) is 41.1 Å². The van der Waals surface area contributed by atoms with Crippen molar-refractivity contribution >= 4 is 34.7 Å². The van der Waals surface area contributed by atoms with Crippen LogP contribution in [0.25, 0.3) is 5.69 Å². The van der Waals surface area contributed by atoms with Crippen molar-refractivity contribution < 1.29 is 4.79 Å². The highest BCUT2D eigenvalue weighted by molar-refractivity contribution is 7.08. The first-order valence-corrected chi connectivity index (χ1v) is 8.63. The molecule has 1 atom stereocenters. The number of amides is 1. The van der Waals surface area contributed by atoms with Gasteiger partial charge in [0.2, 0.25) is 5.91 Å². The fourth-order valence-corrected chi connectivity index (χ4v) is 3.91. The van der Waals surface area contributed by atoms with E-state index in [0.717, 1.165) is 22.8 Å². The van der Waals surface area contributed by atoms with E-state index in [1.54, 1.807) is 16.0 Å². The van der Waals surface area contributed by atoms with Gasteiger partial charge in [-0.1, -0.05) is 11.6 Å². The Bertz CT molecular complexity index is 868. The molecule has 1 N–H and O–H groups in total. The minimum atomic E-state index is 0.0174. The molecule has 0 radical (unpaired) electrons. The molecule has 3 heterocycles. The SMILES string of the molecule is Cc1nn(-c2ccc(Cl)cc2)c2c1[C@H](c1ccsc1)CC(=O)N2. The fourth-order valence-electron chi connectivity index (χ4n) is 3.07. The van der Waals surface area contributed by atoms with Crippen molar-refractivity contribution in [3.8, 4) is 5.69 Å². The second-order valence-corrected chi connectivity index (χ2v) is 6.81. The quantitative estimate of drug-likeness (QED) is 0.751. The second kappa shape index (κ2) is 5.51. The number of carbonyl (C=O) groups is 1. The van der Waals surface area contributed by atoms with Gasteiger partial charge < -0.3 is 5.32 Å². The summed E-state index contributed by atoms with van der Waals surface area (Å²) in [5.41, 5.74) is 4.08. The summed E-state index contributed by atoms with van der Waals surface area (Å²) in [5.74, 6) is 0.840. The van der Waals surface area contributed by atoms with Crippen molar-refractivity contribution in [1.82, 2.24) is 9.78 Å². The van der Waals surface area contributed by atoms with Crippen LogP contribution in [0.3, 0.4) is 0 Å². The largest absolute Gasteiger partial charge is 0.310 e. The number of carbonyl (C=O) groups excluding carboxylic acids is 1. The van der Waals surface area contributed by atoms with E-state index in [9.17, 15) is 4.79 Å². The molecule has 2 aromatic heterocycles. The van der Waals surface area contributed by atoms with Crippen molar-refractivity contribution in [3.05, 3.63) is 62.9 Å². The monoisotopic (exact) mass is 343 g/mol. The van der Waals surface area contributed by atoms with Gasteiger partial charge in [0.25, 0.3) is 0 Å². The Morgan fingerprint density at radius 3 is 2.78 bits per heavy atom. The highest BCUT2D eigenvalue weighted by Gasteiger charge is 2.32. The summed E-state index contributed by atoms with van der Waals surface area (Å²) in [6.45, 7) is 1.99. The molecule has 1 aromatic carbocycles. The first kappa shape index (κ1) is 14.5. The molecule has 0 fully saturated rings. The maximum absolute atomic E-state index is 12.2. The van der Waals surface area contributed by atoms with Crippen LogP contribution < -0.4 is 5.32 Å². The van der Waals surface area contributed by atoms with Gasteiger partial charge in [-0.2, -0.15) is 16.4 Å². The third-order valence-corrected chi connectivity index (χ3v) is 5.07. The molecule has 1 aliphatic heterocycles. The number of hydrogen-bond donors (Lipinski definition) is 1. The smallest absolute Gasteiger partial charge is 0.226 e. The van der Waals surface area contributed by atoms with Crippen LogP contribution in [0.2, 0.25) is 5.02 Å². The zero-order valence-corrected chi connectivity index (χ0v) is 14.0. The number of nitrogens with zero attached hydrogens (tertiary/aromatic N) is 2. The summed E-state index contributed by atoms with van der Waals surface area (Å²) < 4.78 is 1.79. The first-order valence-electron chi connectivity index (χ1n) is 7.31. The van der Waals surface area contributed by atoms with E-state index in [2.05, 4.69) is 21.9 Å². The topological polar surface area (TPSA) is 46.9 Å². The molecule has 0 saturated heterocycles. The Balaban J connectivity index is 1.88. The van der Waals surface area contributed by atoms with Crippen LogP contribution in [0, 0.1) is 6.92 Å². The summed E-state index contributed by atoms with van der Waals surface area (Å²) in [7, 11) is 0. The van der Waals surface area contributed by atoms with Crippen LogP contribution in [-0.2, 0) is 4.79 Å². The number of nitrogens with one attached hydrogen (secondary N) is 1. The molecule has 1 aliphatic rings. The molecular formula is C17H14ClN3OS. The van der Waals surface area contributed by atoms with Crippen LogP contribution >= 0.6 is 22.9 Å². The van der Waals surface area contributed by atoms with Gasteiger partial charge in [-0.3, -0.25) is 4.79 Å². The van der Waals surface area contributed by atoms with Gasteiger partial charge in [0, 0.05) is 22.9 Å². The lowest BCUT2D eigenvalue weighted by Gasteiger charge is -2.23. The highest BCUT2D eigenvalue weighted by atomic mass is 35.5. The van der Waals surface area contributed by atoms with E-state index >= 15 is 0 Å². The van der Waals surface area contributed by atoms with E-state index in [1.165, 1.54) is 5.56 Å². The highest BCUT2D eigenvalue weighted by Crippen LogP contribution is 2.40. The molecule has 116 valence electrons. The van der Waals surface area contributed by atoms with Crippen molar-refractivity contribution in [3.63, 3.8) is 0 Å². The van der Waals surface area contributed by atoms with Crippen LogP contribution in [0.4, 0.5) is 5.82 Å². The van der Waals surface area contributed by atoms with Crippen LogP contribution in [-0.4, -0.2) is 15.7 Å². The third-order valence-electron chi connectivity index (χ3n) is 4.12. The van der Waals surface area contributed by atoms with Crippen LogP contribution in [0.1, 0.15) is 29.2 Å². The van der Waals surface area contributed by atoms with Crippen molar-refractivity contribution in [2.45, 2.75) is 19.3 Å². The Labute approximate surface area is 142 Å². The number of halogens is 1. The molecule has 0 unspecified atom stereocenters. The third kappa shape index (κ3) is 2.46. The minimum absolute atomic E-state index is 0.0174. The molecule has 1 amide bonds. The van der Waals surface area contributed by atoms with Gasteiger partial charge in [0.15, 0.2) is 0 Å². The molecule has 3 aromatic rings. The molecule has 0 saturated carbocycles. The summed E-state index contributed by atoms with van der Waals surface area (Å²) in [4.78, 5) is 12.2. The number of hydrogen-bond acceptors (Lipinski definition) is 3. The number of fused-ring (bicyclic) bond motifs is 1. The van der Waals surface area contributed by atoms with Gasteiger partial charge in [0.1, 0.15) is 5.82 Å². The molecule has 23 heavy (non-hydrogen) atoms. The van der Waals surface area contributed by atoms with Gasteiger partial charge >= 0.3 is 0 Å².